The largest absolute Gasteiger partial charge is 0.456 e. The van der Waals surface area contributed by atoms with Gasteiger partial charge in [-0.15, -0.1) is 0 Å². The highest BCUT2D eigenvalue weighted by Gasteiger charge is 2.29. The van der Waals surface area contributed by atoms with Crippen LogP contribution >= 0.6 is 0 Å². The van der Waals surface area contributed by atoms with Crippen LogP contribution in [0.3, 0.4) is 0 Å². The second kappa shape index (κ2) is 17.1. The van der Waals surface area contributed by atoms with Gasteiger partial charge in [0.2, 0.25) is 27.2 Å². The molecule has 20 heteroatoms. The van der Waals surface area contributed by atoms with E-state index in [1.54, 1.807) is 24.3 Å². The number of aromatic nitrogens is 8. The summed E-state index contributed by atoms with van der Waals surface area (Å²) >= 11 is 0. The normalized spacial score (nSPS) is 13.6. The second-order valence-electron chi connectivity index (χ2n) is 18.8. The molecule has 0 saturated heterocycles. The van der Waals surface area contributed by atoms with Crippen LogP contribution < -0.4 is 56.8 Å². The van der Waals surface area contributed by atoms with Crippen molar-refractivity contribution in [2.75, 3.05) is 27.2 Å². The van der Waals surface area contributed by atoms with E-state index < -0.39 is 0 Å². The van der Waals surface area contributed by atoms with Gasteiger partial charge in [-0.1, -0.05) is 48.5 Å². The van der Waals surface area contributed by atoms with Gasteiger partial charge in [-0.2, -0.15) is 0 Å². The number of hydrogen-bond acceptors (Lipinski definition) is 18. The lowest BCUT2D eigenvalue weighted by molar-refractivity contribution is 0.173. The predicted octanol–water partition coefficient (Wildman–Crippen LogP) is 13.0. The van der Waals surface area contributed by atoms with Crippen LogP contribution in [0.15, 0.2) is 146 Å². The summed E-state index contributed by atoms with van der Waals surface area (Å²) in [5.41, 5.74) is 3.98. The lowest BCUT2D eigenvalue weighted by atomic mass is 10.1. The minimum Gasteiger partial charge on any atom is -0.456 e. The molecule has 9 heterocycles. The number of nitrogens with zero attached hydrogens (tertiary/aromatic N) is 6. The molecule has 0 spiro atoms. The number of benzene rings is 8. The Kier molecular flexibility index (Phi) is 9.39. The molecular formula is C60H34N8O12. The maximum atomic E-state index is 6.72. The molecule has 3 aromatic heterocycles. The highest BCUT2D eigenvalue weighted by Crippen LogP contribution is 2.49. The van der Waals surface area contributed by atoms with Crippen molar-refractivity contribution in [1.82, 2.24) is 39.9 Å². The topological polar surface area (TPSA) is 220 Å². The molecule has 0 fully saturated rings. The number of nitrogens with one attached hydrogen (secondary N) is 2. The first-order chi connectivity index (χ1) is 39.5. The quantitative estimate of drug-likeness (QED) is 0.144. The fraction of sp³-hybridized carbons (Fsp3) is 0.0667. The standard InChI is InChI=1S/C60H34N8O12/c1-5-33-49(41(9-1)77-29-13-17-37-45(21-29)73-25-69-37)57-61-53(33)65-58-50-34(6-2-10-42(50)78-30-14-18-38-46(22-30)74-26-70-38)55(62-58)67-60-52-36(8-4-12-44(52)80-32-16-20-40-48(24-32)76-28-72-40)56(64-60)68-59-51-35(54(63-59)66-57)7-3-11-43(51)79-31-15-19-39-47(23-31)75-27-71-39/h1-24H,25-28H2,(H2,61,62,63,64,65,66,67,68). The predicted molar refractivity (Wildman–Crippen MR) is 287 cm³/mol. The summed E-state index contributed by atoms with van der Waals surface area (Å²) in [6, 6.07) is 44.4. The van der Waals surface area contributed by atoms with Crippen molar-refractivity contribution in [3.05, 3.63) is 146 Å². The van der Waals surface area contributed by atoms with Gasteiger partial charge in [-0.3, -0.25) is 0 Å². The summed E-state index contributed by atoms with van der Waals surface area (Å²) in [4.78, 5) is 39.0. The molecule has 11 aromatic rings. The third kappa shape index (κ3) is 7.15. The van der Waals surface area contributed by atoms with Crippen molar-refractivity contribution in [3.63, 3.8) is 0 Å². The summed E-state index contributed by atoms with van der Waals surface area (Å²) in [5, 5.41) is 2.52. The van der Waals surface area contributed by atoms with Gasteiger partial charge in [0.05, 0.1) is 21.9 Å². The molecule has 0 amide bonds. The molecule has 6 aliphatic rings. The van der Waals surface area contributed by atoms with E-state index in [1.165, 1.54) is 0 Å². The Hall–Kier alpha value is -11.3. The Balaban J connectivity index is 0.939. The zero-order chi connectivity index (χ0) is 52.4. The van der Waals surface area contributed by atoms with Gasteiger partial charge in [-0.25, -0.2) is 29.9 Å². The van der Waals surface area contributed by atoms with Crippen LogP contribution in [-0.2, 0) is 0 Å². The highest BCUT2D eigenvalue weighted by molar-refractivity contribution is 6.10. The average molecular weight is 1060 g/mol. The minimum absolute atomic E-state index is 0.111. The van der Waals surface area contributed by atoms with Gasteiger partial charge in [-0.05, 0) is 72.8 Å². The van der Waals surface area contributed by atoms with Crippen LogP contribution in [0.4, 0.5) is 0 Å². The van der Waals surface area contributed by atoms with E-state index in [0.717, 1.165) is 0 Å². The monoisotopic (exact) mass is 1060 g/mol. The minimum atomic E-state index is 0.111. The molecule has 0 unspecified atom stereocenters. The van der Waals surface area contributed by atoms with Crippen LogP contribution in [0.25, 0.3) is 89.7 Å². The van der Waals surface area contributed by atoms with Crippen molar-refractivity contribution in [2.24, 2.45) is 0 Å². The summed E-state index contributed by atoms with van der Waals surface area (Å²) in [7, 11) is 0. The maximum Gasteiger partial charge on any atom is 0.231 e. The summed E-state index contributed by atoms with van der Waals surface area (Å²) in [6.45, 7) is 0.444. The van der Waals surface area contributed by atoms with Gasteiger partial charge >= 0.3 is 0 Å². The average Bonchev–Trinajstić information content (AvgIpc) is 4.55. The Labute approximate surface area is 449 Å². The van der Waals surface area contributed by atoms with E-state index in [0.29, 0.717) is 182 Å². The zero-order valence-corrected chi connectivity index (χ0v) is 41.3. The van der Waals surface area contributed by atoms with Crippen LogP contribution in [0.2, 0.25) is 0 Å². The van der Waals surface area contributed by atoms with E-state index in [2.05, 4.69) is 9.97 Å². The third-order valence-corrected chi connectivity index (χ3v) is 14.1. The lowest BCUT2D eigenvalue weighted by Crippen LogP contribution is -1.93. The number of hydrogen-bond donors (Lipinski definition) is 2. The van der Waals surface area contributed by atoms with Crippen molar-refractivity contribution in [2.45, 2.75) is 0 Å². The van der Waals surface area contributed by atoms with Gasteiger partial charge in [0.15, 0.2) is 69.3 Å². The number of ether oxygens (including phenoxy) is 12. The number of rotatable bonds is 8. The smallest absolute Gasteiger partial charge is 0.231 e. The molecule has 0 saturated carbocycles. The first kappa shape index (κ1) is 43.9. The van der Waals surface area contributed by atoms with Crippen LogP contribution in [-0.4, -0.2) is 67.0 Å². The summed E-state index contributed by atoms with van der Waals surface area (Å²) in [6.07, 6.45) is 0. The van der Waals surface area contributed by atoms with E-state index in [-0.39, 0.29) is 27.2 Å². The van der Waals surface area contributed by atoms with Crippen molar-refractivity contribution in [1.29, 1.82) is 0 Å². The SMILES string of the molecule is c1cc(Oc2ccc3c(c2)OCO3)c2c(c1)-c1nc-2nc2[nH]c(nc3nc(nc4[nH]c(n1)c1c(Oc5ccc6c(c5)OCO6)cccc41)-c1c(Oc4ccc5c(c4)OCO5)cccc1-3)c1c(Oc3ccc4c(c3)OCO4)cccc21. The van der Waals surface area contributed by atoms with Crippen LogP contribution in [0.1, 0.15) is 0 Å². The van der Waals surface area contributed by atoms with Crippen molar-refractivity contribution >= 4 is 44.1 Å². The Morgan fingerprint density at radius 3 is 1.01 bits per heavy atom. The molecule has 80 heavy (non-hydrogen) atoms. The number of fused-ring (bicyclic) bond motifs is 24. The first-order valence-corrected chi connectivity index (χ1v) is 25.2. The second-order valence-corrected chi connectivity index (χ2v) is 18.8. The summed E-state index contributed by atoms with van der Waals surface area (Å²) in [5.74, 6) is 9.84. The Morgan fingerprint density at radius 2 is 0.625 bits per heavy atom. The number of H-pyrrole nitrogens is 2. The van der Waals surface area contributed by atoms with Crippen molar-refractivity contribution in [3.8, 4) is 138 Å². The van der Waals surface area contributed by atoms with Gasteiger partial charge in [0.1, 0.15) is 68.6 Å². The molecular weight excluding hydrogens is 1020 g/mol. The van der Waals surface area contributed by atoms with Crippen LogP contribution in [0.5, 0.6) is 92.0 Å². The molecule has 0 radical (unpaired) electrons. The molecule has 20 nitrogen and oxygen atoms in total. The molecule has 8 bridgehead atoms. The van der Waals surface area contributed by atoms with Gasteiger partial charge < -0.3 is 66.8 Å². The fourth-order valence-electron chi connectivity index (χ4n) is 10.5. The lowest BCUT2D eigenvalue weighted by Gasteiger charge is -2.10. The Morgan fingerprint density at radius 1 is 0.300 bits per heavy atom. The molecule has 0 atom stereocenters. The third-order valence-electron chi connectivity index (χ3n) is 14.1. The van der Waals surface area contributed by atoms with E-state index >= 15 is 0 Å². The fourth-order valence-corrected chi connectivity index (χ4v) is 10.5. The molecule has 6 aliphatic heterocycles. The molecule has 8 aromatic carbocycles. The number of aromatic amines is 2. The van der Waals surface area contributed by atoms with Gasteiger partial charge in [0, 0.05) is 46.2 Å². The van der Waals surface area contributed by atoms with Crippen molar-refractivity contribution < 1.29 is 56.8 Å². The first-order valence-electron chi connectivity index (χ1n) is 25.2. The van der Waals surface area contributed by atoms with Crippen LogP contribution in [0, 0.1) is 0 Å². The van der Waals surface area contributed by atoms with E-state index in [4.69, 9.17) is 86.7 Å². The molecule has 386 valence electrons. The van der Waals surface area contributed by atoms with E-state index in [9.17, 15) is 0 Å². The highest BCUT2D eigenvalue weighted by atomic mass is 16.7. The molecule has 17 rings (SSSR count). The van der Waals surface area contributed by atoms with E-state index in [1.807, 2.05) is 121 Å². The zero-order valence-electron chi connectivity index (χ0n) is 41.3. The molecule has 0 aliphatic carbocycles. The Bertz CT molecular complexity index is 4390. The summed E-state index contributed by atoms with van der Waals surface area (Å²) < 4.78 is 72.2. The molecule has 2 N–H and O–H groups in total. The maximum absolute atomic E-state index is 6.72. The van der Waals surface area contributed by atoms with Gasteiger partial charge in [0.25, 0.3) is 0 Å².